The van der Waals surface area contributed by atoms with Gasteiger partial charge >= 0.3 is 5.69 Å². The topological polar surface area (TPSA) is 145 Å². The maximum absolute atomic E-state index is 14.0. The zero-order chi connectivity index (χ0) is 31.7. The fourth-order valence-electron chi connectivity index (χ4n) is 5.94. The molecular formula is C33H36N8O4. The molecule has 6 rings (SSSR count). The first kappa shape index (κ1) is 30.1. The van der Waals surface area contributed by atoms with Gasteiger partial charge in [-0.1, -0.05) is 18.2 Å². The number of para-hydroxylation sites is 1. The van der Waals surface area contributed by atoms with E-state index < -0.39 is 5.54 Å². The molecule has 0 spiro atoms. The summed E-state index contributed by atoms with van der Waals surface area (Å²) < 4.78 is 14.4. The van der Waals surface area contributed by atoms with Gasteiger partial charge in [-0.2, -0.15) is 5.26 Å². The van der Waals surface area contributed by atoms with Crippen LogP contribution < -0.4 is 16.2 Å². The normalized spacial score (nSPS) is 16.5. The van der Waals surface area contributed by atoms with Gasteiger partial charge in [0.25, 0.3) is 5.91 Å². The molecule has 0 atom stereocenters. The summed E-state index contributed by atoms with van der Waals surface area (Å²) in [6.45, 7) is 6.03. The van der Waals surface area contributed by atoms with Crippen molar-refractivity contribution >= 4 is 22.9 Å². The number of nitriles is 1. The van der Waals surface area contributed by atoms with Crippen molar-refractivity contribution in [2.45, 2.75) is 44.3 Å². The van der Waals surface area contributed by atoms with Crippen LogP contribution in [0.25, 0.3) is 16.9 Å². The molecule has 232 valence electrons. The minimum absolute atomic E-state index is 0.111. The van der Waals surface area contributed by atoms with Gasteiger partial charge in [-0.05, 0) is 76.2 Å². The van der Waals surface area contributed by atoms with Gasteiger partial charge in [0.1, 0.15) is 35.0 Å². The maximum Gasteiger partial charge on any atom is 0.335 e. The quantitative estimate of drug-likeness (QED) is 0.234. The number of amides is 1. The second kappa shape index (κ2) is 12.2. The van der Waals surface area contributed by atoms with Crippen LogP contribution in [0, 0.1) is 11.3 Å². The van der Waals surface area contributed by atoms with Crippen LogP contribution in [0.2, 0.25) is 0 Å². The van der Waals surface area contributed by atoms with E-state index in [0.717, 1.165) is 0 Å². The third-order valence-electron chi connectivity index (χ3n) is 8.80. The summed E-state index contributed by atoms with van der Waals surface area (Å²) in [5.74, 6) is 1.22. The summed E-state index contributed by atoms with van der Waals surface area (Å²) in [6, 6.07) is 18.8. The van der Waals surface area contributed by atoms with Crippen molar-refractivity contribution in [3.8, 4) is 23.3 Å². The Morgan fingerprint density at radius 2 is 1.76 bits per heavy atom. The molecule has 0 radical (unpaired) electrons. The van der Waals surface area contributed by atoms with Crippen LogP contribution in [-0.2, 0) is 9.53 Å². The Morgan fingerprint density at radius 3 is 2.38 bits per heavy atom. The van der Waals surface area contributed by atoms with Crippen LogP contribution in [0.5, 0.6) is 11.5 Å². The third kappa shape index (κ3) is 5.80. The Morgan fingerprint density at radius 1 is 1.09 bits per heavy atom. The van der Waals surface area contributed by atoms with E-state index in [1.54, 1.807) is 39.8 Å². The highest BCUT2D eigenvalue weighted by Gasteiger charge is 2.35. The molecule has 2 fully saturated rings. The van der Waals surface area contributed by atoms with Crippen molar-refractivity contribution in [2.75, 3.05) is 39.1 Å². The first-order valence-corrected chi connectivity index (χ1v) is 15.0. The molecule has 0 bridgehead atoms. The van der Waals surface area contributed by atoms with Gasteiger partial charge in [-0.25, -0.2) is 14.8 Å². The SMILES string of the molecule is CN(C1COC1)C(C)(C)C=C(C#N)C(=O)N1CCC(n2c(=O)n(-c3ccc(Oc4ccccc4)cc3)c3c(N)ncnc32)CC1. The molecule has 2 N–H and O–H groups in total. The average molecular weight is 609 g/mol. The molecule has 2 saturated heterocycles. The number of nitrogens with zero attached hydrogens (tertiary/aromatic N) is 7. The summed E-state index contributed by atoms with van der Waals surface area (Å²) in [5.41, 5.74) is 7.08. The minimum Gasteiger partial charge on any atom is -0.457 e. The van der Waals surface area contributed by atoms with Crippen LogP contribution in [0.3, 0.4) is 0 Å². The molecule has 0 unspecified atom stereocenters. The van der Waals surface area contributed by atoms with E-state index in [1.807, 2.05) is 51.2 Å². The molecule has 4 aromatic rings. The minimum atomic E-state index is -0.506. The van der Waals surface area contributed by atoms with Crippen molar-refractivity contribution in [3.05, 3.63) is 83.1 Å². The second-order valence-corrected chi connectivity index (χ2v) is 12.0. The van der Waals surface area contributed by atoms with Gasteiger partial charge in [-0.15, -0.1) is 0 Å². The molecule has 2 aliphatic heterocycles. The molecule has 12 heteroatoms. The van der Waals surface area contributed by atoms with Crippen molar-refractivity contribution in [3.63, 3.8) is 0 Å². The number of rotatable bonds is 8. The van der Waals surface area contributed by atoms with Gasteiger partial charge < -0.3 is 20.1 Å². The van der Waals surface area contributed by atoms with Crippen LogP contribution in [0.1, 0.15) is 32.7 Å². The lowest BCUT2D eigenvalue weighted by Gasteiger charge is -2.43. The zero-order valence-corrected chi connectivity index (χ0v) is 25.6. The Kier molecular flexibility index (Phi) is 8.14. The zero-order valence-electron chi connectivity index (χ0n) is 25.6. The second-order valence-electron chi connectivity index (χ2n) is 12.0. The summed E-state index contributed by atoms with van der Waals surface area (Å²) in [6.07, 6.45) is 4.12. The number of aromatic nitrogens is 4. The number of nitrogens with two attached hydrogens (primary N) is 1. The van der Waals surface area contributed by atoms with Crippen molar-refractivity contribution in [1.82, 2.24) is 28.9 Å². The number of likely N-dealkylation sites (N-methyl/N-ethyl adjacent to an activating group) is 1. The number of ether oxygens (including phenoxy) is 2. The molecule has 2 aromatic heterocycles. The van der Waals surface area contributed by atoms with Gasteiger partial charge in [0.15, 0.2) is 11.5 Å². The lowest BCUT2D eigenvalue weighted by molar-refractivity contribution is -0.128. The van der Waals surface area contributed by atoms with Gasteiger partial charge in [0, 0.05) is 24.7 Å². The van der Waals surface area contributed by atoms with Crippen LogP contribution >= 0.6 is 0 Å². The van der Waals surface area contributed by atoms with E-state index in [4.69, 9.17) is 15.2 Å². The number of benzene rings is 2. The average Bonchev–Trinajstić information content (AvgIpc) is 3.32. The lowest BCUT2D eigenvalue weighted by atomic mass is 9.96. The fourth-order valence-corrected chi connectivity index (χ4v) is 5.94. The Bertz CT molecular complexity index is 1830. The number of piperidine rings is 1. The first-order chi connectivity index (χ1) is 21.7. The number of hydrogen-bond donors (Lipinski definition) is 1. The van der Waals surface area contributed by atoms with Crippen molar-refractivity contribution < 1.29 is 14.3 Å². The predicted molar refractivity (Wildman–Crippen MR) is 169 cm³/mol. The molecular weight excluding hydrogens is 572 g/mol. The molecule has 2 aromatic carbocycles. The number of likely N-dealkylation sites (tertiary alicyclic amines) is 1. The standard InChI is InChI=1S/C33H36N8O4/c1-33(2,38(3)25-19-44-20-25)17-22(18-34)31(42)39-15-13-24(14-16-39)41-30-28(29(35)36-21-37-30)40(32(41)43)23-9-11-27(12-10-23)45-26-7-5-4-6-8-26/h4-12,17,21,24-25H,13-16,19-20H2,1-3H3,(H2,35,36,37). The Balaban J connectivity index is 1.23. The summed E-state index contributed by atoms with van der Waals surface area (Å²) in [4.78, 5) is 39.9. The fraction of sp³-hybridized carbons (Fsp3) is 0.364. The summed E-state index contributed by atoms with van der Waals surface area (Å²) >= 11 is 0. The molecule has 0 aliphatic carbocycles. The molecule has 2 aliphatic rings. The van der Waals surface area contributed by atoms with Crippen LogP contribution in [-0.4, -0.2) is 79.7 Å². The van der Waals surface area contributed by atoms with Crippen molar-refractivity contribution in [2.24, 2.45) is 0 Å². The monoisotopic (exact) mass is 608 g/mol. The predicted octanol–water partition coefficient (Wildman–Crippen LogP) is 3.68. The summed E-state index contributed by atoms with van der Waals surface area (Å²) in [7, 11) is 1.98. The number of anilines is 1. The lowest BCUT2D eigenvalue weighted by Crippen LogP contribution is -2.55. The smallest absolute Gasteiger partial charge is 0.335 e. The molecule has 45 heavy (non-hydrogen) atoms. The number of carbonyl (C=O) groups is 1. The molecule has 12 nitrogen and oxygen atoms in total. The Hall–Kier alpha value is -4.99. The van der Waals surface area contributed by atoms with Gasteiger partial charge in [-0.3, -0.25) is 18.8 Å². The highest BCUT2D eigenvalue weighted by Crippen LogP contribution is 2.30. The highest BCUT2D eigenvalue weighted by atomic mass is 16.5. The number of nitrogen functional groups attached to an aromatic ring is 1. The third-order valence-corrected chi connectivity index (χ3v) is 8.80. The number of fused-ring (bicyclic) bond motifs is 1. The number of imidazole rings is 1. The van der Waals surface area contributed by atoms with E-state index in [2.05, 4.69) is 20.9 Å². The molecule has 4 heterocycles. The Labute approximate surface area is 260 Å². The number of carbonyl (C=O) groups excluding carboxylic acids is 1. The molecule has 1 amide bonds. The van der Waals surface area contributed by atoms with Crippen LogP contribution in [0.15, 0.2) is 77.4 Å². The van der Waals surface area contributed by atoms with Gasteiger partial charge in [0.2, 0.25) is 0 Å². The molecule has 0 saturated carbocycles. The number of hydrogen-bond acceptors (Lipinski definition) is 9. The largest absolute Gasteiger partial charge is 0.457 e. The van der Waals surface area contributed by atoms with E-state index in [-0.39, 0.29) is 35.1 Å². The van der Waals surface area contributed by atoms with E-state index >= 15 is 0 Å². The van der Waals surface area contributed by atoms with E-state index in [1.165, 1.54) is 10.9 Å². The first-order valence-electron chi connectivity index (χ1n) is 15.0. The van der Waals surface area contributed by atoms with E-state index in [0.29, 0.717) is 67.5 Å². The maximum atomic E-state index is 14.0. The van der Waals surface area contributed by atoms with Crippen molar-refractivity contribution in [1.29, 1.82) is 5.26 Å². The van der Waals surface area contributed by atoms with Gasteiger partial charge in [0.05, 0.1) is 24.9 Å². The highest BCUT2D eigenvalue weighted by molar-refractivity contribution is 5.97. The summed E-state index contributed by atoms with van der Waals surface area (Å²) in [5, 5.41) is 9.90. The van der Waals surface area contributed by atoms with E-state index in [9.17, 15) is 14.9 Å². The van der Waals surface area contributed by atoms with Crippen LogP contribution in [0.4, 0.5) is 5.82 Å².